The maximum atomic E-state index is 13.4. The highest BCUT2D eigenvalue weighted by molar-refractivity contribution is 6.31. The highest BCUT2D eigenvalue weighted by Crippen LogP contribution is 2.39. The molecule has 0 fully saturated rings. The van der Waals surface area contributed by atoms with Crippen LogP contribution >= 0.6 is 11.6 Å². The molecule has 4 rings (SSSR count). The first-order chi connectivity index (χ1) is 13.8. The summed E-state index contributed by atoms with van der Waals surface area (Å²) in [6, 6.07) is 11.3. The lowest BCUT2D eigenvalue weighted by atomic mass is 9.84. The minimum absolute atomic E-state index is 0.0518. The zero-order valence-corrected chi connectivity index (χ0v) is 17.6. The molecule has 0 aliphatic carbocycles. The summed E-state index contributed by atoms with van der Waals surface area (Å²) < 4.78 is 1.69. The number of benzene rings is 2. The molecule has 1 atom stereocenters. The Bertz CT molecular complexity index is 1160. The molecule has 0 saturated heterocycles. The van der Waals surface area contributed by atoms with Crippen molar-refractivity contribution in [2.45, 2.75) is 40.0 Å². The highest BCUT2D eigenvalue weighted by Gasteiger charge is 2.36. The SMILES string of the molecule is Cc1ccc(C(=O)[C@@H]2CC(=O)Nc3c2c(C)nn3-c2cccc(Cl)c2C)c(C)c1. The predicted octanol–water partition coefficient (Wildman–Crippen LogP) is 5.07. The predicted molar refractivity (Wildman–Crippen MR) is 114 cm³/mol. The van der Waals surface area contributed by atoms with Crippen LogP contribution in [0.4, 0.5) is 5.82 Å². The number of amides is 1. The van der Waals surface area contributed by atoms with E-state index in [1.165, 1.54) is 0 Å². The zero-order chi connectivity index (χ0) is 20.9. The molecule has 29 heavy (non-hydrogen) atoms. The Labute approximate surface area is 174 Å². The van der Waals surface area contributed by atoms with E-state index in [2.05, 4.69) is 10.4 Å². The fourth-order valence-electron chi connectivity index (χ4n) is 4.05. The Balaban J connectivity index is 1.86. The molecule has 6 heteroatoms. The summed E-state index contributed by atoms with van der Waals surface area (Å²) in [6.45, 7) is 7.70. The van der Waals surface area contributed by atoms with E-state index in [9.17, 15) is 9.59 Å². The van der Waals surface area contributed by atoms with Gasteiger partial charge in [-0.1, -0.05) is 41.4 Å². The Kier molecular flexibility index (Phi) is 4.79. The number of hydrogen-bond acceptors (Lipinski definition) is 3. The summed E-state index contributed by atoms with van der Waals surface area (Å²) in [7, 11) is 0. The molecule has 1 amide bonds. The number of hydrogen-bond donors (Lipinski definition) is 1. The third-order valence-electron chi connectivity index (χ3n) is 5.53. The molecule has 0 unspecified atom stereocenters. The molecular formula is C23H22ClN3O2. The third-order valence-corrected chi connectivity index (χ3v) is 5.94. The molecule has 2 heterocycles. The van der Waals surface area contributed by atoms with Crippen LogP contribution in [-0.2, 0) is 4.79 Å². The molecule has 5 nitrogen and oxygen atoms in total. The number of fused-ring (bicyclic) bond motifs is 1. The number of aryl methyl sites for hydroxylation is 3. The lowest BCUT2D eigenvalue weighted by Crippen LogP contribution is -2.29. The lowest BCUT2D eigenvalue weighted by Gasteiger charge is -2.24. The molecule has 0 saturated carbocycles. The van der Waals surface area contributed by atoms with Crippen molar-refractivity contribution in [3.63, 3.8) is 0 Å². The summed E-state index contributed by atoms with van der Waals surface area (Å²) in [5.74, 6) is -0.258. The van der Waals surface area contributed by atoms with Crippen molar-refractivity contribution in [2.24, 2.45) is 0 Å². The fourth-order valence-corrected chi connectivity index (χ4v) is 4.22. The van der Waals surface area contributed by atoms with Gasteiger partial charge >= 0.3 is 0 Å². The second kappa shape index (κ2) is 7.16. The van der Waals surface area contributed by atoms with Gasteiger partial charge in [0.25, 0.3) is 0 Å². The van der Waals surface area contributed by atoms with Gasteiger partial charge in [0.15, 0.2) is 5.78 Å². The van der Waals surface area contributed by atoms with Crippen LogP contribution in [0.2, 0.25) is 5.02 Å². The summed E-state index contributed by atoms with van der Waals surface area (Å²) in [5, 5.41) is 8.19. The van der Waals surface area contributed by atoms with Crippen molar-refractivity contribution < 1.29 is 9.59 Å². The van der Waals surface area contributed by atoms with Gasteiger partial charge in [0.1, 0.15) is 5.82 Å². The Morgan fingerprint density at radius 2 is 1.93 bits per heavy atom. The minimum Gasteiger partial charge on any atom is -0.310 e. The van der Waals surface area contributed by atoms with Crippen LogP contribution in [0.15, 0.2) is 36.4 Å². The quantitative estimate of drug-likeness (QED) is 0.616. The first-order valence-corrected chi connectivity index (χ1v) is 9.92. The van der Waals surface area contributed by atoms with Crippen molar-refractivity contribution >= 4 is 29.1 Å². The zero-order valence-electron chi connectivity index (χ0n) is 16.8. The number of ketones is 1. The minimum atomic E-state index is -0.562. The number of halogens is 1. The van der Waals surface area contributed by atoms with E-state index < -0.39 is 5.92 Å². The standard InChI is InChI=1S/C23H22ClN3O2/c1-12-8-9-16(13(2)10-12)22(29)17-11-20(28)25-23-21(17)15(4)26-27(23)19-7-5-6-18(24)14(19)3/h5-10,17H,11H2,1-4H3,(H,25,28)/t17-/m1/s1. The Hall–Kier alpha value is -2.92. The molecule has 3 aromatic rings. The van der Waals surface area contributed by atoms with Crippen molar-refractivity contribution in [1.82, 2.24) is 9.78 Å². The summed E-state index contributed by atoms with van der Waals surface area (Å²) >= 11 is 6.29. The van der Waals surface area contributed by atoms with E-state index in [1.807, 2.05) is 64.1 Å². The fraction of sp³-hybridized carbons (Fsp3) is 0.261. The van der Waals surface area contributed by atoms with Crippen LogP contribution in [0, 0.1) is 27.7 Å². The van der Waals surface area contributed by atoms with E-state index in [0.29, 0.717) is 16.4 Å². The smallest absolute Gasteiger partial charge is 0.226 e. The molecule has 1 aromatic heterocycles. The normalized spacial score (nSPS) is 15.8. The molecule has 0 spiro atoms. The first-order valence-electron chi connectivity index (χ1n) is 9.54. The largest absolute Gasteiger partial charge is 0.310 e. The molecule has 148 valence electrons. The number of nitrogens with one attached hydrogen (secondary N) is 1. The van der Waals surface area contributed by atoms with Crippen LogP contribution in [0.5, 0.6) is 0 Å². The Morgan fingerprint density at radius 1 is 1.17 bits per heavy atom. The van der Waals surface area contributed by atoms with Gasteiger partial charge in [-0.3, -0.25) is 9.59 Å². The van der Waals surface area contributed by atoms with E-state index >= 15 is 0 Å². The number of anilines is 1. The maximum Gasteiger partial charge on any atom is 0.226 e. The van der Waals surface area contributed by atoms with Gasteiger partial charge < -0.3 is 5.32 Å². The summed E-state index contributed by atoms with van der Waals surface area (Å²) in [5.41, 5.74) is 5.79. The molecule has 0 radical (unpaired) electrons. The Morgan fingerprint density at radius 3 is 2.66 bits per heavy atom. The van der Waals surface area contributed by atoms with E-state index in [-0.39, 0.29) is 18.1 Å². The topological polar surface area (TPSA) is 64.0 Å². The van der Waals surface area contributed by atoms with Gasteiger partial charge in [-0.05, 0) is 51.0 Å². The maximum absolute atomic E-state index is 13.4. The molecule has 0 bridgehead atoms. The molecule has 1 N–H and O–H groups in total. The van der Waals surface area contributed by atoms with Gasteiger partial charge in [-0.15, -0.1) is 0 Å². The summed E-state index contributed by atoms with van der Waals surface area (Å²) in [6.07, 6.45) is 0.111. The van der Waals surface area contributed by atoms with E-state index in [1.54, 1.807) is 4.68 Å². The van der Waals surface area contributed by atoms with Crippen LogP contribution in [-0.4, -0.2) is 21.5 Å². The van der Waals surface area contributed by atoms with Crippen LogP contribution in [0.3, 0.4) is 0 Å². The second-order valence-electron chi connectivity index (χ2n) is 7.63. The molecule has 2 aromatic carbocycles. The lowest BCUT2D eigenvalue weighted by molar-refractivity contribution is -0.116. The van der Waals surface area contributed by atoms with Crippen molar-refractivity contribution in [3.05, 3.63) is 74.9 Å². The molecular weight excluding hydrogens is 386 g/mol. The van der Waals surface area contributed by atoms with Crippen molar-refractivity contribution in [2.75, 3.05) is 5.32 Å². The number of carbonyl (C=O) groups is 2. The van der Waals surface area contributed by atoms with Gasteiger partial charge in [0, 0.05) is 22.6 Å². The number of carbonyl (C=O) groups excluding carboxylic acids is 2. The van der Waals surface area contributed by atoms with Gasteiger partial charge in [-0.25, -0.2) is 4.68 Å². The summed E-state index contributed by atoms with van der Waals surface area (Å²) in [4.78, 5) is 25.9. The number of aromatic nitrogens is 2. The van der Waals surface area contributed by atoms with Gasteiger partial charge in [0.2, 0.25) is 5.91 Å². The van der Waals surface area contributed by atoms with Crippen LogP contribution in [0.25, 0.3) is 5.69 Å². The number of Topliss-reactive ketones (excluding diaryl/α,β-unsaturated/α-hetero) is 1. The van der Waals surface area contributed by atoms with E-state index in [0.717, 1.165) is 33.6 Å². The van der Waals surface area contributed by atoms with Crippen molar-refractivity contribution in [3.8, 4) is 5.69 Å². The second-order valence-corrected chi connectivity index (χ2v) is 8.04. The van der Waals surface area contributed by atoms with Crippen LogP contribution < -0.4 is 5.32 Å². The average Bonchev–Trinajstić information content (AvgIpc) is 2.99. The molecule has 1 aliphatic rings. The molecule has 1 aliphatic heterocycles. The van der Waals surface area contributed by atoms with E-state index in [4.69, 9.17) is 11.6 Å². The first kappa shape index (κ1) is 19.4. The third kappa shape index (κ3) is 3.25. The number of rotatable bonds is 3. The highest BCUT2D eigenvalue weighted by atomic mass is 35.5. The van der Waals surface area contributed by atoms with Crippen molar-refractivity contribution in [1.29, 1.82) is 0 Å². The van der Waals surface area contributed by atoms with Gasteiger partial charge in [-0.2, -0.15) is 5.10 Å². The van der Waals surface area contributed by atoms with Gasteiger partial charge in [0.05, 0.1) is 17.3 Å². The number of nitrogens with zero attached hydrogens (tertiary/aromatic N) is 2. The monoisotopic (exact) mass is 407 g/mol. The van der Waals surface area contributed by atoms with Crippen LogP contribution in [0.1, 0.15) is 50.6 Å². The average molecular weight is 408 g/mol.